The van der Waals surface area contributed by atoms with Crippen LogP contribution in [-0.4, -0.2) is 0 Å². The molecule has 0 fully saturated rings. The minimum atomic E-state index is 0.644. The van der Waals surface area contributed by atoms with Gasteiger partial charge in [-0.3, -0.25) is 0 Å². The minimum Gasteiger partial charge on any atom is -0.238 e. The van der Waals surface area contributed by atoms with E-state index in [9.17, 15) is 0 Å². The molecule has 1 aromatic carbocycles. The lowest BCUT2D eigenvalue weighted by atomic mass is 9.83. The third-order valence-corrected chi connectivity index (χ3v) is 2.90. The van der Waals surface area contributed by atoms with E-state index in [1.165, 1.54) is 24.0 Å². The van der Waals surface area contributed by atoms with Crippen molar-refractivity contribution >= 4 is 5.69 Å². The zero-order chi connectivity index (χ0) is 9.26. The number of nitrogens with zero attached hydrogens (tertiary/aromatic N) is 1. The SMILES string of the molecule is [C-]#[N+]c1cccc2c1CCC[C@H]2C. The molecule has 2 rings (SSSR count). The molecular weight excluding hydrogens is 158 g/mol. The lowest BCUT2D eigenvalue weighted by Gasteiger charge is -2.22. The van der Waals surface area contributed by atoms with Crippen molar-refractivity contribution < 1.29 is 0 Å². The fourth-order valence-electron chi connectivity index (χ4n) is 2.17. The highest BCUT2D eigenvalue weighted by Gasteiger charge is 2.17. The Bertz CT molecular complexity index is 360. The fraction of sp³-hybridized carbons (Fsp3) is 0.417. The molecular formula is C12H13N. The number of hydrogen-bond donors (Lipinski definition) is 0. The van der Waals surface area contributed by atoms with Crippen LogP contribution in [0.5, 0.6) is 0 Å². The molecule has 1 aliphatic carbocycles. The van der Waals surface area contributed by atoms with Gasteiger partial charge in [0.15, 0.2) is 5.69 Å². The summed E-state index contributed by atoms with van der Waals surface area (Å²) in [5, 5.41) is 0. The Morgan fingerprint density at radius 2 is 2.31 bits per heavy atom. The van der Waals surface area contributed by atoms with Crippen molar-refractivity contribution in [3.8, 4) is 0 Å². The molecule has 0 unspecified atom stereocenters. The second-order valence-electron chi connectivity index (χ2n) is 3.75. The molecule has 0 saturated heterocycles. The van der Waals surface area contributed by atoms with Crippen molar-refractivity contribution in [3.05, 3.63) is 40.7 Å². The molecule has 0 aromatic heterocycles. The van der Waals surface area contributed by atoms with Gasteiger partial charge in [-0.2, -0.15) is 0 Å². The van der Waals surface area contributed by atoms with E-state index in [1.807, 2.05) is 12.1 Å². The van der Waals surface area contributed by atoms with Gasteiger partial charge >= 0.3 is 0 Å². The fourth-order valence-corrected chi connectivity index (χ4v) is 2.17. The summed E-state index contributed by atoms with van der Waals surface area (Å²) in [6, 6.07) is 6.12. The highest BCUT2D eigenvalue weighted by atomic mass is 14.6. The Balaban J connectivity index is 2.56. The zero-order valence-corrected chi connectivity index (χ0v) is 7.88. The van der Waals surface area contributed by atoms with Crippen LogP contribution in [0.15, 0.2) is 18.2 Å². The molecule has 66 valence electrons. The van der Waals surface area contributed by atoms with Crippen LogP contribution in [-0.2, 0) is 6.42 Å². The molecule has 0 heterocycles. The second-order valence-corrected chi connectivity index (χ2v) is 3.75. The lowest BCUT2D eigenvalue weighted by Crippen LogP contribution is -2.06. The van der Waals surface area contributed by atoms with Crippen LogP contribution in [0.1, 0.15) is 36.8 Å². The smallest absolute Gasteiger partial charge is 0.190 e. The van der Waals surface area contributed by atoms with E-state index in [1.54, 1.807) is 0 Å². The van der Waals surface area contributed by atoms with E-state index in [0.29, 0.717) is 5.92 Å². The third kappa shape index (κ3) is 1.33. The van der Waals surface area contributed by atoms with Crippen molar-refractivity contribution in [3.63, 3.8) is 0 Å². The lowest BCUT2D eigenvalue weighted by molar-refractivity contribution is 0.592. The summed E-state index contributed by atoms with van der Waals surface area (Å²) >= 11 is 0. The zero-order valence-electron chi connectivity index (χ0n) is 7.88. The van der Waals surface area contributed by atoms with Gasteiger partial charge < -0.3 is 0 Å². The van der Waals surface area contributed by atoms with Gasteiger partial charge in [-0.1, -0.05) is 30.7 Å². The van der Waals surface area contributed by atoms with Crippen LogP contribution in [0.25, 0.3) is 4.85 Å². The van der Waals surface area contributed by atoms with Crippen LogP contribution in [0, 0.1) is 6.57 Å². The second kappa shape index (κ2) is 3.22. The highest BCUT2D eigenvalue weighted by molar-refractivity contribution is 5.57. The number of rotatable bonds is 0. The quantitative estimate of drug-likeness (QED) is 0.524. The van der Waals surface area contributed by atoms with Crippen molar-refractivity contribution in [1.82, 2.24) is 0 Å². The van der Waals surface area contributed by atoms with E-state index in [0.717, 1.165) is 12.1 Å². The summed E-state index contributed by atoms with van der Waals surface area (Å²) in [6.45, 7) is 9.33. The first-order valence-corrected chi connectivity index (χ1v) is 4.82. The Kier molecular flexibility index (Phi) is 2.06. The molecule has 1 heteroatoms. The highest BCUT2D eigenvalue weighted by Crippen LogP contribution is 2.36. The molecule has 1 nitrogen and oxygen atoms in total. The number of benzene rings is 1. The largest absolute Gasteiger partial charge is 0.238 e. The summed E-state index contributed by atoms with van der Waals surface area (Å²) < 4.78 is 0. The summed E-state index contributed by atoms with van der Waals surface area (Å²) in [5.74, 6) is 0.644. The first-order valence-electron chi connectivity index (χ1n) is 4.82. The van der Waals surface area contributed by atoms with Crippen LogP contribution in [0.3, 0.4) is 0 Å². The average Bonchev–Trinajstić information content (AvgIpc) is 2.18. The molecule has 0 aliphatic heterocycles. The summed E-state index contributed by atoms with van der Waals surface area (Å²) in [6.07, 6.45) is 3.60. The van der Waals surface area contributed by atoms with Crippen LogP contribution in [0.4, 0.5) is 5.69 Å². The Morgan fingerprint density at radius 1 is 1.46 bits per heavy atom. The Labute approximate surface area is 79.2 Å². The van der Waals surface area contributed by atoms with E-state index in [-0.39, 0.29) is 0 Å². The first kappa shape index (κ1) is 8.31. The van der Waals surface area contributed by atoms with E-state index in [2.05, 4.69) is 17.8 Å². The molecule has 0 N–H and O–H groups in total. The van der Waals surface area contributed by atoms with E-state index < -0.39 is 0 Å². The van der Waals surface area contributed by atoms with Crippen molar-refractivity contribution in [2.24, 2.45) is 0 Å². The van der Waals surface area contributed by atoms with E-state index in [4.69, 9.17) is 6.57 Å². The van der Waals surface area contributed by atoms with Crippen molar-refractivity contribution in [1.29, 1.82) is 0 Å². The van der Waals surface area contributed by atoms with Gasteiger partial charge in [0, 0.05) is 0 Å². The van der Waals surface area contributed by atoms with Gasteiger partial charge in [-0.25, -0.2) is 4.85 Å². The maximum absolute atomic E-state index is 7.07. The van der Waals surface area contributed by atoms with Crippen molar-refractivity contribution in [2.75, 3.05) is 0 Å². The first-order chi connectivity index (χ1) is 6.33. The maximum atomic E-state index is 7.07. The molecule has 0 radical (unpaired) electrons. The Hall–Kier alpha value is -1.29. The summed E-state index contributed by atoms with van der Waals surface area (Å²) in [5.41, 5.74) is 3.57. The molecule has 0 bridgehead atoms. The minimum absolute atomic E-state index is 0.644. The molecule has 1 aromatic rings. The maximum Gasteiger partial charge on any atom is 0.190 e. The van der Waals surface area contributed by atoms with Crippen molar-refractivity contribution in [2.45, 2.75) is 32.1 Å². The Morgan fingerprint density at radius 3 is 3.08 bits per heavy atom. The summed E-state index contributed by atoms with van der Waals surface area (Å²) in [7, 11) is 0. The predicted molar refractivity (Wildman–Crippen MR) is 54.1 cm³/mol. The standard InChI is InChI=1S/C12H13N/c1-9-5-3-7-11-10(9)6-4-8-12(11)13-2/h4,6,8-9H,3,5,7H2,1H3/t9-/m1/s1. The van der Waals surface area contributed by atoms with Crippen LogP contribution >= 0.6 is 0 Å². The van der Waals surface area contributed by atoms with Gasteiger partial charge in [-0.05, 0) is 30.7 Å². The van der Waals surface area contributed by atoms with Gasteiger partial charge in [-0.15, -0.1) is 0 Å². The molecule has 1 aliphatic rings. The third-order valence-electron chi connectivity index (χ3n) is 2.90. The number of hydrogen-bond acceptors (Lipinski definition) is 0. The van der Waals surface area contributed by atoms with Crippen LogP contribution < -0.4 is 0 Å². The van der Waals surface area contributed by atoms with Gasteiger partial charge in [0.1, 0.15) is 0 Å². The normalized spacial score (nSPS) is 20.5. The molecule has 0 spiro atoms. The molecule has 0 saturated carbocycles. The van der Waals surface area contributed by atoms with Gasteiger partial charge in [0.25, 0.3) is 0 Å². The monoisotopic (exact) mass is 171 g/mol. The van der Waals surface area contributed by atoms with E-state index >= 15 is 0 Å². The van der Waals surface area contributed by atoms with Gasteiger partial charge in [0.05, 0.1) is 6.57 Å². The topological polar surface area (TPSA) is 4.36 Å². The van der Waals surface area contributed by atoms with Crippen LogP contribution in [0.2, 0.25) is 0 Å². The van der Waals surface area contributed by atoms with Gasteiger partial charge in [0.2, 0.25) is 0 Å². The predicted octanol–water partition coefficient (Wildman–Crippen LogP) is 3.68. The molecule has 1 atom stereocenters. The average molecular weight is 171 g/mol. The molecule has 0 amide bonds. The summed E-state index contributed by atoms with van der Waals surface area (Å²) in [4.78, 5) is 3.57. The number of fused-ring (bicyclic) bond motifs is 1. The molecule has 13 heavy (non-hydrogen) atoms.